The number of hydrogen-bond donors (Lipinski definition) is 0. The van der Waals surface area contributed by atoms with E-state index in [1.54, 1.807) is 13.0 Å². The van der Waals surface area contributed by atoms with Crippen molar-refractivity contribution in [1.29, 1.82) is 0 Å². The summed E-state index contributed by atoms with van der Waals surface area (Å²) in [6.45, 7) is 2.35. The van der Waals surface area contributed by atoms with Crippen LogP contribution in [0.3, 0.4) is 0 Å². The standard InChI is InChI=1S/C18H18FN3O4S/c1-12-17-9-16(10-20-18(17)26-21-12)27(23,24)22-8-2-3-14(22)11-25-15-6-4-13(19)5-7-15/h4-7,9-10,14H,2-3,8,11H2,1H3. The van der Waals surface area contributed by atoms with Gasteiger partial charge in [0.2, 0.25) is 10.0 Å². The van der Waals surface area contributed by atoms with Crippen molar-refractivity contribution < 1.29 is 22.1 Å². The molecule has 0 aliphatic carbocycles. The SMILES string of the molecule is Cc1noc2ncc(S(=O)(=O)N3CCCC3COc3ccc(F)cc3)cc12. The van der Waals surface area contributed by atoms with Gasteiger partial charge in [-0.05, 0) is 50.1 Å². The summed E-state index contributed by atoms with van der Waals surface area (Å²) in [7, 11) is -3.72. The number of rotatable bonds is 5. The zero-order valence-corrected chi connectivity index (χ0v) is 15.4. The van der Waals surface area contributed by atoms with Gasteiger partial charge < -0.3 is 9.26 Å². The Morgan fingerprint density at radius 2 is 2.11 bits per heavy atom. The van der Waals surface area contributed by atoms with Crippen molar-refractivity contribution >= 4 is 21.1 Å². The average Bonchev–Trinajstić information content (AvgIpc) is 3.28. The van der Waals surface area contributed by atoms with E-state index in [9.17, 15) is 12.8 Å². The molecule has 0 radical (unpaired) electrons. The minimum Gasteiger partial charge on any atom is -0.492 e. The van der Waals surface area contributed by atoms with E-state index in [1.807, 2.05) is 0 Å². The monoisotopic (exact) mass is 391 g/mol. The van der Waals surface area contributed by atoms with Gasteiger partial charge in [-0.2, -0.15) is 4.31 Å². The predicted octanol–water partition coefficient (Wildman–Crippen LogP) is 2.90. The number of hydrogen-bond acceptors (Lipinski definition) is 6. The molecule has 9 heteroatoms. The van der Waals surface area contributed by atoms with E-state index in [1.165, 1.54) is 34.8 Å². The molecule has 142 valence electrons. The van der Waals surface area contributed by atoms with Crippen LogP contribution in [0, 0.1) is 12.7 Å². The molecule has 4 rings (SSSR count). The van der Waals surface area contributed by atoms with E-state index in [4.69, 9.17) is 9.26 Å². The lowest BCUT2D eigenvalue weighted by molar-refractivity contribution is 0.232. The minimum atomic E-state index is -3.72. The Hall–Kier alpha value is -2.52. The van der Waals surface area contributed by atoms with Crippen LogP contribution < -0.4 is 4.74 Å². The lowest BCUT2D eigenvalue weighted by Gasteiger charge is -2.24. The molecule has 3 aromatic rings. The second kappa shape index (κ2) is 6.90. The van der Waals surface area contributed by atoms with Gasteiger partial charge in [0.05, 0.1) is 23.3 Å². The second-order valence-corrected chi connectivity index (χ2v) is 8.36. The fourth-order valence-corrected chi connectivity index (χ4v) is 4.87. The molecule has 1 aliphatic heterocycles. The van der Waals surface area contributed by atoms with Crippen LogP contribution in [0.15, 0.2) is 45.9 Å². The molecule has 1 atom stereocenters. The van der Waals surface area contributed by atoms with Crippen molar-refractivity contribution in [3.63, 3.8) is 0 Å². The Balaban J connectivity index is 1.55. The summed E-state index contributed by atoms with van der Waals surface area (Å²) in [5, 5.41) is 4.39. The Labute approximate surface area is 155 Å². The highest BCUT2D eigenvalue weighted by molar-refractivity contribution is 7.89. The normalized spacial score (nSPS) is 18.2. The minimum absolute atomic E-state index is 0.106. The summed E-state index contributed by atoms with van der Waals surface area (Å²) in [5.41, 5.74) is 0.899. The first-order valence-corrected chi connectivity index (χ1v) is 10.0. The number of benzene rings is 1. The fraction of sp³-hybridized carbons (Fsp3) is 0.333. The first kappa shape index (κ1) is 17.9. The van der Waals surface area contributed by atoms with Crippen molar-refractivity contribution in [2.24, 2.45) is 0 Å². The van der Waals surface area contributed by atoms with Gasteiger partial charge in [0.1, 0.15) is 23.1 Å². The Kier molecular flexibility index (Phi) is 4.56. The Bertz CT molecular complexity index is 1070. The summed E-state index contributed by atoms with van der Waals surface area (Å²) in [4.78, 5) is 4.17. The number of ether oxygens (including phenoxy) is 1. The maximum Gasteiger partial charge on any atom is 0.257 e. The number of pyridine rings is 1. The van der Waals surface area contributed by atoms with Crippen molar-refractivity contribution in [1.82, 2.24) is 14.4 Å². The van der Waals surface area contributed by atoms with Crippen molar-refractivity contribution in [2.45, 2.75) is 30.7 Å². The summed E-state index contributed by atoms with van der Waals surface area (Å²) in [5.74, 6) is 0.156. The largest absolute Gasteiger partial charge is 0.492 e. The van der Waals surface area contributed by atoms with E-state index in [0.717, 1.165) is 6.42 Å². The van der Waals surface area contributed by atoms with Gasteiger partial charge in [0.15, 0.2) is 0 Å². The van der Waals surface area contributed by atoms with Gasteiger partial charge in [0.25, 0.3) is 5.71 Å². The Morgan fingerprint density at radius 1 is 1.33 bits per heavy atom. The third-order valence-corrected chi connectivity index (χ3v) is 6.59. The maximum absolute atomic E-state index is 13.1. The molecule has 27 heavy (non-hydrogen) atoms. The summed E-state index contributed by atoms with van der Waals surface area (Å²) in [6.07, 6.45) is 2.74. The van der Waals surface area contributed by atoms with Crippen molar-refractivity contribution in [3.8, 4) is 5.75 Å². The van der Waals surface area contributed by atoms with Crippen LogP contribution >= 0.6 is 0 Å². The molecular weight excluding hydrogens is 373 g/mol. The number of aryl methyl sites for hydroxylation is 1. The topological polar surface area (TPSA) is 85.5 Å². The van der Waals surface area contributed by atoms with Gasteiger partial charge >= 0.3 is 0 Å². The highest BCUT2D eigenvalue weighted by Crippen LogP contribution is 2.28. The van der Waals surface area contributed by atoms with Crippen molar-refractivity contribution in [3.05, 3.63) is 48.0 Å². The summed E-state index contributed by atoms with van der Waals surface area (Å²) >= 11 is 0. The smallest absolute Gasteiger partial charge is 0.257 e. The fourth-order valence-electron chi connectivity index (χ4n) is 3.22. The molecule has 0 N–H and O–H groups in total. The zero-order valence-electron chi connectivity index (χ0n) is 14.6. The molecule has 7 nitrogen and oxygen atoms in total. The molecule has 0 amide bonds. The van der Waals surface area contributed by atoms with E-state index in [2.05, 4.69) is 10.1 Å². The lowest BCUT2D eigenvalue weighted by Crippen LogP contribution is -2.39. The van der Waals surface area contributed by atoms with Gasteiger partial charge in [-0.3, -0.25) is 0 Å². The summed E-state index contributed by atoms with van der Waals surface area (Å²) in [6, 6.07) is 6.91. The van der Waals surface area contributed by atoms with Crippen LogP contribution in [0.5, 0.6) is 5.75 Å². The third kappa shape index (κ3) is 3.40. The van der Waals surface area contributed by atoms with Gasteiger partial charge in [-0.1, -0.05) is 5.16 Å². The zero-order chi connectivity index (χ0) is 19.0. The second-order valence-electron chi connectivity index (χ2n) is 6.47. The lowest BCUT2D eigenvalue weighted by atomic mass is 10.2. The summed E-state index contributed by atoms with van der Waals surface area (Å²) < 4.78 is 51.4. The van der Waals surface area contributed by atoms with Crippen LogP contribution in [-0.2, 0) is 10.0 Å². The van der Waals surface area contributed by atoms with Gasteiger partial charge in [0, 0.05) is 6.54 Å². The van der Waals surface area contributed by atoms with E-state index >= 15 is 0 Å². The number of halogens is 1. The predicted molar refractivity (Wildman–Crippen MR) is 95.3 cm³/mol. The van der Waals surface area contributed by atoms with E-state index in [0.29, 0.717) is 35.5 Å². The van der Waals surface area contributed by atoms with Crippen LogP contribution in [0.2, 0.25) is 0 Å². The number of aromatic nitrogens is 2. The quantitative estimate of drug-likeness (QED) is 0.665. The molecule has 1 aromatic carbocycles. The molecule has 1 unspecified atom stereocenters. The first-order valence-electron chi connectivity index (χ1n) is 8.57. The first-order chi connectivity index (χ1) is 12.9. The average molecular weight is 391 g/mol. The van der Waals surface area contributed by atoms with Crippen LogP contribution in [0.25, 0.3) is 11.1 Å². The molecular formula is C18H18FN3O4S. The van der Waals surface area contributed by atoms with Gasteiger partial charge in [-0.25, -0.2) is 17.8 Å². The molecule has 3 heterocycles. The number of fused-ring (bicyclic) bond motifs is 1. The third-order valence-electron chi connectivity index (χ3n) is 4.67. The maximum atomic E-state index is 13.1. The number of sulfonamides is 1. The van der Waals surface area contributed by atoms with E-state index < -0.39 is 10.0 Å². The molecule has 2 aromatic heterocycles. The molecule has 1 fully saturated rings. The van der Waals surface area contributed by atoms with Crippen LogP contribution in [0.1, 0.15) is 18.5 Å². The molecule has 1 aliphatic rings. The van der Waals surface area contributed by atoms with E-state index in [-0.39, 0.29) is 23.4 Å². The molecule has 1 saturated heterocycles. The number of nitrogens with zero attached hydrogens (tertiary/aromatic N) is 3. The van der Waals surface area contributed by atoms with Gasteiger partial charge in [-0.15, -0.1) is 0 Å². The highest BCUT2D eigenvalue weighted by Gasteiger charge is 2.36. The van der Waals surface area contributed by atoms with Crippen molar-refractivity contribution in [2.75, 3.05) is 13.2 Å². The molecule has 0 spiro atoms. The molecule has 0 bridgehead atoms. The molecule has 0 saturated carbocycles. The van der Waals surface area contributed by atoms with Crippen LogP contribution in [-0.4, -0.2) is 42.1 Å². The Morgan fingerprint density at radius 3 is 2.89 bits per heavy atom. The highest BCUT2D eigenvalue weighted by atomic mass is 32.2. The van der Waals surface area contributed by atoms with Crippen LogP contribution in [0.4, 0.5) is 4.39 Å².